The summed E-state index contributed by atoms with van der Waals surface area (Å²) in [4.78, 5) is 24.8. The molecule has 0 spiro atoms. The average molecular weight is 374 g/mol. The number of hydrogen-bond donors (Lipinski definition) is 0. The monoisotopic (exact) mass is 374 g/mol. The minimum atomic E-state index is -0.627. The summed E-state index contributed by atoms with van der Waals surface area (Å²) in [6.07, 6.45) is 0. The van der Waals surface area contributed by atoms with Gasteiger partial charge in [-0.2, -0.15) is 0 Å². The highest BCUT2D eigenvalue weighted by Gasteiger charge is 2.34. The van der Waals surface area contributed by atoms with Crippen molar-refractivity contribution < 1.29 is 23.8 Å². The van der Waals surface area contributed by atoms with Crippen LogP contribution in [0.1, 0.15) is 34.3 Å². The van der Waals surface area contributed by atoms with Crippen molar-refractivity contribution in [3.63, 3.8) is 0 Å². The molecule has 0 fully saturated rings. The van der Waals surface area contributed by atoms with E-state index in [-0.39, 0.29) is 11.5 Å². The molecule has 3 aromatic rings. The van der Waals surface area contributed by atoms with E-state index in [0.29, 0.717) is 22.8 Å². The van der Waals surface area contributed by atoms with Crippen LogP contribution in [0.4, 0.5) is 0 Å². The zero-order chi connectivity index (χ0) is 19.7. The fraction of sp³-hybridized carbons (Fsp3) is 0.130. The van der Waals surface area contributed by atoms with Crippen molar-refractivity contribution in [3.8, 4) is 23.0 Å². The van der Waals surface area contributed by atoms with Crippen molar-refractivity contribution in [2.45, 2.75) is 12.8 Å². The summed E-state index contributed by atoms with van der Waals surface area (Å²) in [5.74, 6) is 0.677. The molecule has 0 unspecified atom stereocenters. The first-order valence-corrected chi connectivity index (χ1v) is 8.85. The second-order valence-electron chi connectivity index (χ2n) is 6.45. The van der Waals surface area contributed by atoms with Crippen LogP contribution in [0.25, 0.3) is 0 Å². The van der Waals surface area contributed by atoms with E-state index in [0.717, 1.165) is 11.1 Å². The average Bonchev–Trinajstić information content (AvgIpc) is 2.71. The number of esters is 1. The molecule has 1 aliphatic rings. The predicted octanol–water partition coefficient (Wildman–Crippen LogP) is 4.74. The predicted molar refractivity (Wildman–Crippen MR) is 103 cm³/mol. The first-order valence-electron chi connectivity index (χ1n) is 8.85. The summed E-state index contributed by atoms with van der Waals surface area (Å²) < 4.78 is 16.9. The van der Waals surface area contributed by atoms with Crippen LogP contribution in [0.5, 0.6) is 23.0 Å². The van der Waals surface area contributed by atoms with Gasteiger partial charge in [0.25, 0.3) is 0 Å². The van der Waals surface area contributed by atoms with E-state index in [1.807, 2.05) is 48.5 Å². The van der Waals surface area contributed by atoms with Crippen molar-refractivity contribution in [1.82, 2.24) is 0 Å². The fourth-order valence-electron chi connectivity index (χ4n) is 3.30. The lowest BCUT2D eigenvalue weighted by Gasteiger charge is -2.26. The van der Waals surface area contributed by atoms with E-state index in [1.165, 1.54) is 14.0 Å². The molecule has 0 atom stereocenters. The Labute approximate surface area is 162 Å². The highest BCUT2D eigenvalue weighted by Crippen LogP contribution is 2.44. The van der Waals surface area contributed by atoms with Crippen LogP contribution >= 0.6 is 0 Å². The van der Waals surface area contributed by atoms with Crippen LogP contribution in [0.3, 0.4) is 0 Å². The third-order valence-electron chi connectivity index (χ3n) is 4.70. The summed E-state index contributed by atoms with van der Waals surface area (Å²) in [6, 6.07) is 19.6. The number of methoxy groups -OCH3 is 1. The number of carbonyl (C=O) groups is 2. The van der Waals surface area contributed by atoms with Gasteiger partial charge in [0.2, 0.25) is 0 Å². The van der Waals surface area contributed by atoms with Gasteiger partial charge in [-0.25, -0.2) is 0 Å². The van der Waals surface area contributed by atoms with Gasteiger partial charge in [-0.3, -0.25) is 9.59 Å². The van der Waals surface area contributed by atoms with Gasteiger partial charge in [-0.15, -0.1) is 0 Å². The summed E-state index contributed by atoms with van der Waals surface area (Å²) in [5.41, 5.74) is 1.97. The lowest BCUT2D eigenvalue weighted by atomic mass is 9.88. The third kappa shape index (κ3) is 3.11. The van der Waals surface area contributed by atoms with Gasteiger partial charge in [-0.05, 0) is 37.3 Å². The molecule has 5 nitrogen and oxygen atoms in total. The smallest absolute Gasteiger partial charge is 0.323 e. The zero-order valence-electron chi connectivity index (χ0n) is 15.5. The van der Waals surface area contributed by atoms with E-state index in [4.69, 9.17) is 14.2 Å². The Morgan fingerprint density at radius 1 is 0.857 bits per heavy atom. The topological polar surface area (TPSA) is 61.8 Å². The van der Waals surface area contributed by atoms with E-state index in [2.05, 4.69) is 0 Å². The number of para-hydroxylation sites is 2. The molecule has 28 heavy (non-hydrogen) atoms. The summed E-state index contributed by atoms with van der Waals surface area (Å²) >= 11 is 0. The first kappa shape index (κ1) is 17.8. The normalized spacial score (nSPS) is 12.4. The number of hydrogen-bond acceptors (Lipinski definition) is 5. The Kier molecular flexibility index (Phi) is 4.57. The molecule has 0 N–H and O–H groups in total. The van der Waals surface area contributed by atoms with Gasteiger partial charge in [0.05, 0.1) is 7.11 Å². The number of ether oxygens (including phenoxy) is 3. The summed E-state index contributed by atoms with van der Waals surface area (Å²) in [6.45, 7) is 1.47. The Morgan fingerprint density at radius 2 is 1.46 bits per heavy atom. The molecular weight excluding hydrogens is 356 g/mol. The standard InChI is InChI=1S/C23H18O5/c1-14(24)15-11-12-20(21(13-15)26-2)28-23(25)22-16-7-3-5-9-18(16)27-19-10-6-4-8-17(19)22/h3-13,22H,1-2H3. The van der Waals surface area contributed by atoms with Gasteiger partial charge in [0, 0.05) is 16.7 Å². The number of fused-ring (bicyclic) bond motifs is 2. The molecule has 4 rings (SSSR count). The molecule has 3 aromatic carbocycles. The Morgan fingerprint density at radius 3 is 2.04 bits per heavy atom. The van der Waals surface area contributed by atoms with Crippen LogP contribution in [-0.4, -0.2) is 18.9 Å². The molecule has 0 aliphatic carbocycles. The van der Waals surface area contributed by atoms with Crippen molar-refractivity contribution in [2.24, 2.45) is 0 Å². The van der Waals surface area contributed by atoms with E-state index >= 15 is 0 Å². The second-order valence-corrected chi connectivity index (χ2v) is 6.45. The molecule has 1 heterocycles. The maximum absolute atomic E-state index is 13.2. The molecule has 140 valence electrons. The quantitative estimate of drug-likeness (QED) is 0.375. The Balaban J connectivity index is 1.72. The van der Waals surface area contributed by atoms with Crippen molar-refractivity contribution in [3.05, 3.63) is 83.4 Å². The third-order valence-corrected chi connectivity index (χ3v) is 4.70. The molecular formula is C23H18O5. The van der Waals surface area contributed by atoms with Crippen LogP contribution in [-0.2, 0) is 4.79 Å². The zero-order valence-corrected chi connectivity index (χ0v) is 15.5. The van der Waals surface area contributed by atoms with Crippen LogP contribution in [0.2, 0.25) is 0 Å². The lowest BCUT2D eigenvalue weighted by molar-refractivity contribution is -0.135. The minimum absolute atomic E-state index is 0.0940. The first-order chi connectivity index (χ1) is 13.6. The van der Waals surface area contributed by atoms with E-state index in [1.54, 1.807) is 18.2 Å². The second kappa shape index (κ2) is 7.19. The van der Waals surface area contributed by atoms with Gasteiger partial charge in [-0.1, -0.05) is 36.4 Å². The number of carbonyl (C=O) groups excluding carboxylic acids is 2. The fourth-order valence-corrected chi connectivity index (χ4v) is 3.30. The summed E-state index contributed by atoms with van der Waals surface area (Å²) in [7, 11) is 1.47. The molecule has 0 saturated heterocycles. The number of ketones is 1. The maximum atomic E-state index is 13.2. The molecule has 0 bridgehead atoms. The minimum Gasteiger partial charge on any atom is -0.493 e. The van der Waals surface area contributed by atoms with Gasteiger partial charge < -0.3 is 14.2 Å². The molecule has 0 aromatic heterocycles. The number of rotatable bonds is 4. The summed E-state index contributed by atoms with van der Waals surface area (Å²) in [5, 5.41) is 0. The number of Topliss-reactive ketones (excluding diaryl/α,β-unsaturated/α-hetero) is 1. The lowest BCUT2D eigenvalue weighted by Crippen LogP contribution is -2.23. The van der Waals surface area contributed by atoms with Gasteiger partial charge >= 0.3 is 5.97 Å². The molecule has 1 aliphatic heterocycles. The Hall–Kier alpha value is -3.60. The van der Waals surface area contributed by atoms with Gasteiger partial charge in [0.1, 0.15) is 17.4 Å². The molecule has 5 heteroatoms. The SMILES string of the molecule is COc1cc(C(C)=O)ccc1OC(=O)C1c2ccccc2Oc2ccccc21. The van der Waals surface area contributed by atoms with Crippen molar-refractivity contribution in [2.75, 3.05) is 7.11 Å². The highest BCUT2D eigenvalue weighted by atomic mass is 16.6. The van der Waals surface area contributed by atoms with E-state index < -0.39 is 11.9 Å². The van der Waals surface area contributed by atoms with Crippen LogP contribution < -0.4 is 14.2 Å². The van der Waals surface area contributed by atoms with Crippen LogP contribution in [0, 0.1) is 0 Å². The largest absolute Gasteiger partial charge is 0.493 e. The number of benzene rings is 3. The van der Waals surface area contributed by atoms with Gasteiger partial charge in [0.15, 0.2) is 17.3 Å². The van der Waals surface area contributed by atoms with Crippen molar-refractivity contribution in [1.29, 1.82) is 0 Å². The molecule has 0 radical (unpaired) electrons. The van der Waals surface area contributed by atoms with Crippen molar-refractivity contribution >= 4 is 11.8 Å². The maximum Gasteiger partial charge on any atom is 0.323 e. The molecule has 0 saturated carbocycles. The molecule has 0 amide bonds. The van der Waals surface area contributed by atoms with E-state index in [9.17, 15) is 9.59 Å². The Bertz CT molecular complexity index is 1020. The highest BCUT2D eigenvalue weighted by molar-refractivity contribution is 5.95. The van der Waals surface area contributed by atoms with Crippen LogP contribution in [0.15, 0.2) is 66.7 Å².